The monoisotopic (exact) mass is 338 g/mol. The first-order chi connectivity index (χ1) is 12.0. The minimum atomic E-state index is -0.516. The maximum atomic E-state index is 12.3. The quantitative estimate of drug-likeness (QED) is 0.542. The van der Waals surface area contributed by atoms with E-state index in [4.69, 9.17) is 4.42 Å². The van der Waals surface area contributed by atoms with E-state index in [2.05, 4.69) is 19.2 Å². The predicted molar refractivity (Wildman–Crippen MR) is 95.7 cm³/mol. The van der Waals surface area contributed by atoms with Crippen molar-refractivity contribution in [2.24, 2.45) is 0 Å². The molecule has 0 saturated heterocycles. The van der Waals surface area contributed by atoms with Crippen LogP contribution in [0.3, 0.4) is 0 Å². The number of furan rings is 1. The average molecular weight is 338 g/mol. The molecule has 128 valence electrons. The number of hydrogen-bond acceptors (Lipinski definition) is 4. The summed E-state index contributed by atoms with van der Waals surface area (Å²) in [6.07, 6.45) is 1.65. The van der Waals surface area contributed by atoms with Gasteiger partial charge in [-0.25, -0.2) is 0 Å². The first kappa shape index (κ1) is 16.7. The van der Waals surface area contributed by atoms with E-state index in [0.29, 0.717) is 5.92 Å². The molecule has 1 aromatic heterocycles. The molecule has 0 aliphatic carbocycles. The number of nitro benzene ring substituents is 1. The minimum absolute atomic E-state index is 0.0839. The highest BCUT2D eigenvalue weighted by atomic mass is 16.6. The molecule has 6 heteroatoms. The van der Waals surface area contributed by atoms with Crippen molar-refractivity contribution in [1.82, 2.24) is 0 Å². The van der Waals surface area contributed by atoms with Crippen LogP contribution in [-0.2, 0) is 11.2 Å². The van der Waals surface area contributed by atoms with Crippen LogP contribution < -0.4 is 5.32 Å². The summed E-state index contributed by atoms with van der Waals surface area (Å²) in [5, 5.41) is 14.5. The zero-order chi connectivity index (χ0) is 18.0. The summed E-state index contributed by atoms with van der Waals surface area (Å²) in [6, 6.07) is 12.0. The fraction of sp³-hybridized carbons (Fsp3) is 0.211. The Morgan fingerprint density at radius 1 is 1.24 bits per heavy atom. The van der Waals surface area contributed by atoms with Gasteiger partial charge in [-0.15, -0.1) is 0 Å². The van der Waals surface area contributed by atoms with Gasteiger partial charge in [-0.1, -0.05) is 32.0 Å². The molecule has 1 heterocycles. The SMILES string of the molecule is CC(C)c1ccc2occ(CC(=O)Nc3ccccc3[N+](=O)[O-])c2c1. The number of carbonyl (C=O) groups excluding carboxylic acids is 1. The number of anilines is 1. The molecule has 0 aliphatic heterocycles. The molecule has 2 aromatic carbocycles. The first-order valence-electron chi connectivity index (χ1n) is 7.99. The van der Waals surface area contributed by atoms with Gasteiger partial charge in [0.1, 0.15) is 11.3 Å². The molecule has 0 fully saturated rings. The maximum absolute atomic E-state index is 12.3. The van der Waals surface area contributed by atoms with Crippen molar-refractivity contribution < 1.29 is 14.1 Å². The molecule has 1 amide bonds. The molecule has 0 atom stereocenters. The number of nitrogens with zero attached hydrogens (tertiary/aromatic N) is 1. The number of hydrogen-bond donors (Lipinski definition) is 1. The number of carbonyl (C=O) groups is 1. The van der Waals surface area contributed by atoms with E-state index in [-0.39, 0.29) is 23.7 Å². The fourth-order valence-corrected chi connectivity index (χ4v) is 2.70. The summed E-state index contributed by atoms with van der Waals surface area (Å²) in [5.41, 5.74) is 2.70. The highest BCUT2D eigenvalue weighted by molar-refractivity contribution is 5.96. The lowest BCUT2D eigenvalue weighted by Crippen LogP contribution is -2.15. The summed E-state index contributed by atoms with van der Waals surface area (Å²) in [4.78, 5) is 22.9. The van der Waals surface area contributed by atoms with Crippen LogP contribution in [0.15, 0.2) is 53.1 Å². The van der Waals surface area contributed by atoms with Crippen molar-refractivity contribution in [3.63, 3.8) is 0 Å². The molecular weight excluding hydrogens is 320 g/mol. The average Bonchev–Trinajstić information content (AvgIpc) is 2.97. The van der Waals surface area contributed by atoms with Crippen LogP contribution in [0.4, 0.5) is 11.4 Å². The van der Waals surface area contributed by atoms with Crippen molar-refractivity contribution in [3.8, 4) is 0 Å². The Kier molecular flexibility index (Phi) is 4.52. The summed E-state index contributed by atoms with van der Waals surface area (Å²) in [7, 11) is 0. The molecular formula is C19H18N2O4. The number of fused-ring (bicyclic) bond motifs is 1. The van der Waals surface area contributed by atoms with Gasteiger partial charge in [-0.3, -0.25) is 14.9 Å². The van der Waals surface area contributed by atoms with Gasteiger partial charge in [-0.05, 0) is 29.7 Å². The topological polar surface area (TPSA) is 85.4 Å². The van der Waals surface area contributed by atoms with Gasteiger partial charge in [0.05, 0.1) is 17.6 Å². The minimum Gasteiger partial charge on any atom is -0.464 e. The Labute approximate surface area is 144 Å². The van der Waals surface area contributed by atoms with Crippen LogP contribution in [0, 0.1) is 10.1 Å². The lowest BCUT2D eigenvalue weighted by Gasteiger charge is -2.06. The number of nitrogens with one attached hydrogen (secondary N) is 1. The normalized spacial score (nSPS) is 11.0. The van der Waals surface area contributed by atoms with E-state index < -0.39 is 4.92 Å². The summed E-state index contributed by atoms with van der Waals surface area (Å²) >= 11 is 0. The van der Waals surface area contributed by atoms with Crippen molar-refractivity contribution >= 4 is 28.3 Å². The zero-order valence-electron chi connectivity index (χ0n) is 14.0. The third kappa shape index (κ3) is 3.52. The number of amides is 1. The molecule has 0 unspecified atom stereocenters. The fourth-order valence-electron chi connectivity index (χ4n) is 2.70. The van der Waals surface area contributed by atoms with E-state index >= 15 is 0 Å². The van der Waals surface area contributed by atoms with Crippen LogP contribution in [-0.4, -0.2) is 10.8 Å². The molecule has 0 saturated carbocycles. The third-order valence-corrected chi connectivity index (χ3v) is 4.07. The van der Waals surface area contributed by atoms with E-state index in [0.717, 1.165) is 22.1 Å². The second kappa shape index (κ2) is 6.76. The van der Waals surface area contributed by atoms with Gasteiger partial charge in [0.2, 0.25) is 5.91 Å². The lowest BCUT2D eigenvalue weighted by atomic mass is 10.00. The first-order valence-corrected chi connectivity index (χ1v) is 7.99. The van der Waals surface area contributed by atoms with Gasteiger partial charge in [-0.2, -0.15) is 0 Å². The molecule has 0 bridgehead atoms. The van der Waals surface area contributed by atoms with Crippen molar-refractivity contribution in [3.05, 3.63) is 70.0 Å². The van der Waals surface area contributed by atoms with Gasteiger partial charge in [0.15, 0.2) is 0 Å². The molecule has 0 aliphatic rings. The Morgan fingerprint density at radius 2 is 2.00 bits per heavy atom. The van der Waals surface area contributed by atoms with Crippen LogP contribution in [0.25, 0.3) is 11.0 Å². The van der Waals surface area contributed by atoms with Crippen LogP contribution in [0.1, 0.15) is 30.9 Å². The second-order valence-electron chi connectivity index (χ2n) is 6.17. The van der Waals surface area contributed by atoms with Crippen LogP contribution in [0.2, 0.25) is 0 Å². The van der Waals surface area contributed by atoms with Gasteiger partial charge in [0.25, 0.3) is 5.69 Å². The van der Waals surface area contributed by atoms with Crippen molar-refractivity contribution in [2.75, 3.05) is 5.32 Å². The molecule has 0 radical (unpaired) electrons. The molecule has 3 aromatic rings. The second-order valence-corrected chi connectivity index (χ2v) is 6.17. The molecule has 0 spiro atoms. The highest BCUT2D eigenvalue weighted by Crippen LogP contribution is 2.27. The summed E-state index contributed by atoms with van der Waals surface area (Å²) < 4.78 is 5.51. The largest absolute Gasteiger partial charge is 0.464 e. The molecule has 6 nitrogen and oxygen atoms in total. The van der Waals surface area contributed by atoms with Crippen LogP contribution >= 0.6 is 0 Å². The number of para-hydroxylation sites is 2. The lowest BCUT2D eigenvalue weighted by molar-refractivity contribution is -0.383. The van der Waals surface area contributed by atoms with E-state index in [1.54, 1.807) is 18.4 Å². The van der Waals surface area contributed by atoms with Crippen molar-refractivity contribution in [1.29, 1.82) is 0 Å². The number of nitro groups is 1. The van der Waals surface area contributed by atoms with Crippen LogP contribution in [0.5, 0.6) is 0 Å². The van der Waals surface area contributed by atoms with Crippen molar-refractivity contribution in [2.45, 2.75) is 26.2 Å². The number of rotatable bonds is 5. The molecule has 1 N–H and O–H groups in total. The third-order valence-electron chi connectivity index (χ3n) is 4.07. The maximum Gasteiger partial charge on any atom is 0.292 e. The summed E-state index contributed by atoms with van der Waals surface area (Å²) in [5.74, 6) is 0.0416. The molecule has 25 heavy (non-hydrogen) atoms. The van der Waals surface area contributed by atoms with E-state index in [1.807, 2.05) is 18.2 Å². The van der Waals surface area contributed by atoms with E-state index in [1.165, 1.54) is 12.1 Å². The Hall–Kier alpha value is -3.15. The predicted octanol–water partition coefficient (Wildman–Crippen LogP) is 4.65. The van der Waals surface area contributed by atoms with E-state index in [9.17, 15) is 14.9 Å². The Balaban J connectivity index is 1.83. The van der Waals surface area contributed by atoms with Gasteiger partial charge < -0.3 is 9.73 Å². The van der Waals surface area contributed by atoms with Gasteiger partial charge >= 0.3 is 0 Å². The summed E-state index contributed by atoms with van der Waals surface area (Å²) in [6.45, 7) is 4.20. The van der Waals surface area contributed by atoms with Gasteiger partial charge in [0, 0.05) is 17.0 Å². The highest BCUT2D eigenvalue weighted by Gasteiger charge is 2.17. The number of benzene rings is 2. The Morgan fingerprint density at radius 3 is 2.72 bits per heavy atom. The Bertz CT molecular complexity index is 944. The zero-order valence-corrected chi connectivity index (χ0v) is 14.0. The molecule has 3 rings (SSSR count). The smallest absolute Gasteiger partial charge is 0.292 e. The standard InChI is InChI=1S/C19H18N2O4/c1-12(2)13-7-8-18-15(9-13)14(11-25-18)10-19(22)20-16-5-3-4-6-17(16)21(23)24/h3-9,11-12H,10H2,1-2H3,(H,20,22).